The van der Waals surface area contributed by atoms with Crippen molar-refractivity contribution in [2.45, 2.75) is 12.2 Å². The van der Waals surface area contributed by atoms with Gasteiger partial charge in [0.25, 0.3) is 0 Å². The number of nitrogen functional groups attached to an aromatic ring is 1. The molecule has 1 unspecified atom stereocenters. The Balaban J connectivity index is 1.40. The SMILES string of the molecule is CC1=C2SC(c3ccc(N)nc3)C=C2C(N2CCOCC2)=CN1CN1CCN(S(C)(=O)=O)CC1. The van der Waals surface area contributed by atoms with Gasteiger partial charge in [-0.25, -0.2) is 13.4 Å². The highest BCUT2D eigenvalue weighted by atomic mass is 32.2. The molecule has 1 aromatic rings. The maximum atomic E-state index is 11.9. The van der Waals surface area contributed by atoms with E-state index in [0.29, 0.717) is 18.9 Å². The molecule has 0 aromatic carbocycles. The molecule has 4 aliphatic heterocycles. The van der Waals surface area contributed by atoms with Crippen molar-refractivity contribution in [3.63, 3.8) is 0 Å². The van der Waals surface area contributed by atoms with Crippen molar-refractivity contribution in [2.75, 3.05) is 71.1 Å². The molecule has 4 aliphatic rings. The molecule has 184 valence electrons. The maximum Gasteiger partial charge on any atom is 0.211 e. The number of aromatic nitrogens is 1. The highest BCUT2D eigenvalue weighted by Gasteiger charge is 2.35. The van der Waals surface area contributed by atoms with Crippen molar-refractivity contribution < 1.29 is 13.2 Å². The number of morpholine rings is 1. The van der Waals surface area contributed by atoms with E-state index in [1.54, 1.807) is 4.31 Å². The van der Waals surface area contributed by atoms with Gasteiger partial charge in [-0.2, -0.15) is 4.31 Å². The van der Waals surface area contributed by atoms with Gasteiger partial charge in [-0.05, 0) is 18.6 Å². The predicted octanol–water partition coefficient (Wildman–Crippen LogP) is 1.63. The molecule has 1 atom stereocenters. The highest BCUT2D eigenvalue weighted by molar-refractivity contribution is 8.04. The standard InChI is InChI=1S/C23H32N6O3S2/c1-17-23-19(13-21(33-23)18-3-4-22(24)25-14-18)20(27-9-11-32-12-10-27)15-28(17)16-26-5-7-29(8-6-26)34(2,30)31/h3-4,13-15,21H,5-12,16H2,1-2H3,(H2,24,25). The van der Waals surface area contributed by atoms with Crippen molar-refractivity contribution in [1.82, 2.24) is 24.0 Å². The second-order valence-corrected chi connectivity index (χ2v) is 12.2. The minimum Gasteiger partial charge on any atom is -0.384 e. The lowest BCUT2D eigenvalue weighted by Crippen LogP contribution is -2.51. The van der Waals surface area contributed by atoms with E-state index in [4.69, 9.17) is 10.5 Å². The molecular weight excluding hydrogens is 472 g/mol. The van der Waals surface area contributed by atoms with Crippen LogP contribution in [0.3, 0.4) is 0 Å². The molecule has 34 heavy (non-hydrogen) atoms. The minimum absolute atomic E-state index is 0.191. The second kappa shape index (κ2) is 9.54. The Hall–Kier alpha value is -2.05. The Morgan fingerprint density at radius 1 is 1.15 bits per heavy atom. The van der Waals surface area contributed by atoms with Gasteiger partial charge in [0.1, 0.15) is 5.82 Å². The van der Waals surface area contributed by atoms with Crippen molar-refractivity contribution >= 4 is 27.6 Å². The van der Waals surface area contributed by atoms with E-state index < -0.39 is 10.0 Å². The molecule has 2 fully saturated rings. The molecule has 0 amide bonds. The summed E-state index contributed by atoms with van der Waals surface area (Å²) in [5.41, 5.74) is 10.7. The van der Waals surface area contributed by atoms with Crippen LogP contribution in [-0.4, -0.2) is 97.8 Å². The summed E-state index contributed by atoms with van der Waals surface area (Å²) in [5, 5.41) is 0.191. The molecule has 0 radical (unpaired) electrons. The zero-order chi connectivity index (χ0) is 23.9. The summed E-state index contributed by atoms with van der Waals surface area (Å²) in [6, 6.07) is 3.92. The lowest BCUT2D eigenvalue weighted by atomic mass is 10.0. The first kappa shape index (κ1) is 23.7. The number of ether oxygens (including phenoxy) is 1. The van der Waals surface area contributed by atoms with Gasteiger partial charge >= 0.3 is 0 Å². The van der Waals surface area contributed by atoms with E-state index in [2.05, 4.69) is 44.9 Å². The minimum atomic E-state index is -3.13. The zero-order valence-corrected chi connectivity index (χ0v) is 21.3. The van der Waals surface area contributed by atoms with Gasteiger partial charge in [0, 0.05) is 67.8 Å². The van der Waals surface area contributed by atoms with E-state index in [1.807, 2.05) is 24.0 Å². The number of hydrogen-bond acceptors (Lipinski definition) is 9. The normalized spacial score (nSPS) is 24.8. The Morgan fingerprint density at radius 2 is 1.88 bits per heavy atom. The number of anilines is 1. The van der Waals surface area contributed by atoms with Crippen LogP contribution in [0, 0.1) is 0 Å². The van der Waals surface area contributed by atoms with Crippen LogP contribution in [-0.2, 0) is 14.8 Å². The van der Waals surface area contributed by atoms with E-state index in [-0.39, 0.29) is 5.25 Å². The molecule has 0 aliphatic carbocycles. The predicted molar refractivity (Wildman–Crippen MR) is 135 cm³/mol. The van der Waals surface area contributed by atoms with E-state index in [1.165, 1.54) is 28.1 Å². The summed E-state index contributed by atoms with van der Waals surface area (Å²) >= 11 is 1.86. The summed E-state index contributed by atoms with van der Waals surface area (Å²) in [7, 11) is -3.13. The van der Waals surface area contributed by atoms with Crippen LogP contribution in [0.4, 0.5) is 5.82 Å². The van der Waals surface area contributed by atoms with Gasteiger partial charge in [-0.1, -0.05) is 12.1 Å². The Bertz CT molecular complexity index is 1120. The fraction of sp³-hybridized carbons (Fsp3) is 0.522. The first-order valence-corrected chi connectivity index (χ1v) is 14.3. The number of fused-ring (bicyclic) bond motifs is 1. The zero-order valence-electron chi connectivity index (χ0n) is 19.7. The van der Waals surface area contributed by atoms with Gasteiger partial charge in [-0.3, -0.25) is 4.90 Å². The molecule has 5 rings (SSSR count). The number of nitrogens with two attached hydrogens (primary N) is 1. The number of rotatable bonds is 5. The summed E-state index contributed by atoms with van der Waals surface area (Å²) in [5.74, 6) is 0.531. The molecule has 2 N–H and O–H groups in total. The summed E-state index contributed by atoms with van der Waals surface area (Å²) in [6.45, 7) is 8.64. The summed E-state index contributed by atoms with van der Waals surface area (Å²) < 4.78 is 31.0. The van der Waals surface area contributed by atoms with Crippen molar-refractivity contribution in [1.29, 1.82) is 0 Å². The van der Waals surface area contributed by atoms with Crippen LogP contribution in [0.1, 0.15) is 17.7 Å². The monoisotopic (exact) mass is 504 g/mol. The third kappa shape index (κ3) is 4.85. The number of sulfonamides is 1. The average molecular weight is 505 g/mol. The smallest absolute Gasteiger partial charge is 0.211 e. The van der Waals surface area contributed by atoms with Crippen molar-refractivity contribution in [3.05, 3.63) is 58.0 Å². The van der Waals surface area contributed by atoms with E-state index in [9.17, 15) is 8.42 Å². The van der Waals surface area contributed by atoms with Crippen LogP contribution < -0.4 is 5.73 Å². The third-order valence-electron chi connectivity index (χ3n) is 6.76. The quantitative estimate of drug-likeness (QED) is 0.642. The van der Waals surface area contributed by atoms with E-state index in [0.717, 1.165) is 51.6 Å². The number of piperazine rings is 1. The average Bonchev–Trinajstić information content (AvgIpc) is 3.27. The third-order valence-corrected chi connectivity index (χ3v) is 9.48. The van der Waals surface area contributed by atoms with Gasteiger partial charge < -0.3 is 20.3 Å². The van der Waals surface area contributed by atoms with Crippen LogP contribution in [0.5, 0.6) is 0 Å². The molecule has 0 saturated carbocycles. The Kier molecular flexibility index (Phi) is 6.64. The first-order chi connectivity index (χ1) is 16.3. The lowest BCUT2D eigenvalue weighted by molar-refractivity contribution is 0.0533. The topological polar surface area (TPSA) is 95.2 Å². The molecular formula is C23H32N6O3S2. The molecule has 5 heterocycles. The summed E-state index contributed by atoms with van der Waals surface area (Å²) in [4.78, 5) is 12.7. The molecule has 9 nitrogen and oxygen atoms in total. The van der Waals surface area contributed by atoms with Gasteiger partial charge in [0.05, 0.1) is 37.1 Å². The van der Waals surface area contributed by atoms with Crippen LogP contribution in [0.25, 0.3) is 0 Å². The number of thioether (sulfide) groups is 1. The van der Waals surface area contributed by atoms with Gasteiger partial charge in [0.15, 0.2) is 0 Å². The fourth-order valence-electron chi connectivity index (χ4n) is 4.75. The van der Waals surface area contributed by atoms with Crippen LogP contribution in [0.2, 0.25) is 0 Å². The second-order valence-electron chi connectivity index (χ2n) is 9.05. The Labute approximate surface area is 206 Å². The van der Waals surface area contributed by atoms with Crippen molar-refractivity contribution in [3.8, 4) is 0 Å². The molecule has 11 heteroatoms. The van der Waals surface area contributed by atoms with Gasteiger partial charge in [0.2, 0.25) is 10.0 Å². The maximum absolute atomic E-state index is 11.9. The number of nitrogens with zero attached hydrogens (tertiary/aromatic N) is 5. The largest absolute Gasteiger partial charge is 0.384 e. The molecule has 2 saturated heterocycles. The van der Waals surface area contributed by atoms with Crippen LogP contribution in [0.15, 0.2) is 52.5 Å². The Morgan fingerprint density at radius 3 is 2.53 bits per heavy atom. The van der Waals surface area contributed by atoms with Gasteiger partial charge in [-0.15, -0.1) is 11.8 Å². The molecule has 0 bridgehead atoms. The van der Waals surface area contributed by atoms with Crippen molar-refractivity contribution in [2.24, 2.45) is 0 Å². The molecule has 1 aromatic heterocycles. The summed E-state index contributed by atoms with van der Waals surface area (Å²) in [6.07, 6.45) is 7.77. The molecule has 0 spiro atoms. The highest BCUT2D eigenvalue weighted by Crippen LogP contribution is 2.52. The first-order valence-electron chi connectivity index (χ1n) is 11.6. The lowest BCUT2D eigenvalue weighted by Gasteiger charge is -2.40. The number of hydrogen-bond donors (Lipinski definition) is 1. The fourth-order valence-corrected chi connectivity index (χ4v) is 6.90. The van der Waals surface area contributed by atoms with Crippen LogP contribution >= 0.6 is 11.8 Å². The number of pyridine rings is 1. The number of allylic oxidation sites excluding steroid dienone is 2. The van der Waals surface area contributed by atoms with E-state index >= 15 is 0 Å².